The molecule has 1 N–H and O–H groups in total. The van der Waals surface area contributed by atoms with E-state index in [1.54, 1.807) is 0 Å². The van der Waals surface area contributed by atoms with E-state index in [4.69, 9.17) is 4.74 Å². The molecule has 0 bridgehead atoms. The number of aliphatic hydroxyl groups is 1. The lowest BCUT2D eigenvalue weighted by Crippen LogP contribution is -2.23. The summed E-state index contributed by atoms with van der Waals surface area (Å²) < 4.78 is 5.25. The van der Waals surface area contributed by atoms with Gasteiger partial charge in [0.15, 0.2) is 0 Å². The molecule has 0 aromatic heterocycles. The monoisotopic (exact) mass is 496 g/mol. The minimum absolute atomic E-state index is 0.110. The van der Waals surface area contributed by atoms with Crippen molar-refractivity contribution in [2.24, 2.45) is 5.92 Å². The minimum Gasteiger partial charge on any atom is -0.466 e. The third kappa shape index (κ3) is 24.9. The Bertz CT molecular complexity index is 423. The number of carbonyl (C=O) groups excluding carboxylic acids is 1. The molecule has 0 aromatic carbocycles. The smallest absolute Gasteiger partial charge is 0.309 e. The van der Waals surface area contributed by atoms with Gasteiger partial charge >= 0.3 is 5.97 Å². The highest BCUT2D eigenvalue weighted by Crippen LogP contribution is 2.21. The maximum Gasteiger partial charge on any atom is 0.309 e. The minimum atomic E-state index is -0.366. The second-order valence-electron chi connectivity index (χ2n) is 11.0. The predicted octanol–water partition coefficient (Wildman–Crippen LogP) is 10.3. The maximum atomic E-state index is 12.3. The third-order valence-electron chi connectivity index (χ3n) is 7.47. The first-order chi connectivity index (χ1) is 17.2. The summed E-state index contributed by atoms with van der Waals surface area (Å²) in [5.41, 5.74) is 0. The lowest BCUT2D eigenvalue weighted by Gasteiger charge is -2.19. The highest BCUT2D eigenvalue weighted by Gasteiger charge is 2.22. The molecule has 2 unspecified atom stereocenters. The molecule has 0 rings (SSSR count). The first kappa shape index (κ1) is 34.4. The van der Waals surface area contributed by atoms with Crippen LogP contribution in [-0.4, -0.2) is 23.8 Å². The highest BCUT2D eigenvalue weighted by atomic mass is 16.5. The summed E-state index contributed by atoms with van der Waals surface area (Å²) in [4.78, 5) is 12.3. The van der Waals surface area contributed by atoms with Crippen molar-refractivity contribution in [3.8, 4) is 0 Å². The summed E-state index contributed by atoms with van der Waals surface area (Å²) in [7, 11) is 0. The number of hydrogen-bond donors (Lipinski definition) is 1. The lowest BCUT2D eigenvalue weighted by molar-refractivity contribution is -0.149. The number of hydrogen-bond acceptors (Lipinski definition) is 3. The van der Waals surface area contributed by atoms with Gasteiger partial charge in [0.05, 0.1) is 18.6 Å². The summed E-state index contributed by atoms with van der Waals surface area (Å²) >= 11 is 0. The summed E-state index contributed by atoms with van der Waals surface area (Å²) in [5.74, 6) is -0.238. The van der Waals surface area contributed by atoms with E-state index in [9.17, 15) is 9.90 Å². The molecule has 2 atom stereocenters. The normalized spacial score (nSPS) is 13.1. The molecule has 0 amide bonds. The van der Waals surface area contributed by atoms with Crippen LogP contribution in [0.3, 0.4) is 0 Å². The van der Waals surface area contributed by atoms with Crippen molar-refractivity contribution in [3.05, 3.63) is 0 Å². The van der Waals surface area contributed by atoms with Crippen molar-refractivity contribution in [1.29, 1.82) is 0 Å². The molecule has 0 aromatic rings. The standard InChI is InChI=1S/C32H64O3/c1-4-7-9-10-11-12-13-14-15-16-17-18-19-20-21-22-23-24-25-26-27-30(32(34)35-6-3)29-31(33)28-8-5-2/h30-31,33H,4-29H2,1-3H3. The number of carbonyl (C=O) groups is 1. The lowest BCUT2D eigenvalue weighted by atomic mass is 9.93. The van der Waals surface area contributed by atoms with Gasteiger partial charge in [0.2, 0.25) is 0 Å². The van der Waals surface area contributed by atoms with Crippen molar-refractivity contribution in [2.45, 2.75) is 187 Å². The number of rotatable bonds is 28. The van der Waals surface area contributed by atoms with Crippen molar-refractivity contribution in [1.82, 2.24) is 0 Å². The van der Waals surface area contributed by atoms with E-state index in [2.05, 4.69) is 13.8 Å². The first-order valence-corrected chi connectivity index (χ1v) is 16.0. The van der Waals surface area contributed by atoms with Crippen LogP contribution >= 0.6 is 0 Å². The molecule has 0 spiro atoms. The van der Waals surface area contributed by atoms with Crippen LogP contribution in [0, 0.1) is 5.92 Å². The van der Waals surface area contributed by atoms with Crippen LogP contribution < -0.4 is 0 Å². The van der Waals surface area contributed by atoms with Crippen molar-refractivity contribution in [3.63, 3.8) is 0 Å². The molecule has 210 valence electrons. The van der Waals surface area contributed by atoms with Crippen LogP contribution in [0.5, 0.6) is 0 Å². The number of unbranched alkanes of at least 4 members (excludes halogenated alkanes) is 20. The zero-order valence-electron chi connectivity index (χ0n) is 24.3. The number of esters is 1. The zero-order valence-corrected chi connectivity index (χ0v) is 24.3. The third-order valence-corrected chi connectivity index (χ3v) is 7.47. The van der Waals surface area contributed by atoms with Gasteiger partial charge in [-0.2, -0.15) is 0 Å². The quantitative estimate of drug-likeness (QED) is 0.0865. The molecule has 3 nitrogen and oxygen atoms in total. The van der Waals surface area contributed by atoms with Crippen molar-refractivity contribution >= 4 is 5.97 Å². The molecule has 0 saturated heterocycles. The number of ether oxygens (including phenoxy) is 1. The van der Waals surface area contributed by atoms with E-state index in [0.717, 1.165) is 32.1 Å². The fraction of sp³-hybridized carbons (Fsp3) is 0.969. The average molecular weight is 497 g/mol. The first-order valence-electron chi connectivity index (χ1n) is 16.0. The second-order valence-corrected chi connectivity index (χ2v) is 11.0. The average Bonchev–Trinajstić information content (AvgIpc) is 2.85. The maximum absolute atomic E-state index is 12.3. The summed E-state index contributed by atoms with van der Waals surface area (Å²) in [6, 6.07) is 0. The molecule has 0 radical (unpaired) electrons. The molecule has 0 heterocycles. The molecule has 0 saturated carbocycles. The van der Waals surface area contributed by atoms with Crippen LogP contribution in [0.2, 0.25) is 0 Å². The van der Waals surface area contributed by atoms with Crippen LogP contribution in [0.25, 0.3) is 0 Å². The van der Waals surface area contributed by atoms with Crippen LogP contribution in [-0.2, 0) is 9.53 Å². The molecule has 0 fully saturated rings. The van der Waals surface area contributed by atoms with Gasteiger partial charge in [-0.1, -0.05) is 155 Å². The largest absolute Gasteiger partial charge is 0.466 e. The van der Waals surface area contributed by atoms with Crippen LogP contribution in [0.15, 0.2) is 0 Å². The Labute approximate surface area is 220 Å². The molecular formula is C32H64O3. The summed E-state index contributed by atoms with van der Waals surface area (Å²) in [6.45, 7) is 6.72. The Kier molecular flexibility index (Phi) is 27.6. The summed E-state index contributed by atoms with van der Waals surface area (Å²) in [6.07, 6.45) is 31.6. The summed E-state index contributed by atoms with van der Waals surface area (Å²) in [5, 5.41) is 10.2. The SMILES string of the molecule is CCCCCCCCCCCCCCCCCCCCCCC(CC(O)CCCC)C(=O)OCC. The van der Waals surface area contributed by atoms with Crippen molar-refractivity contribution in [2.75, 3.05) is 6.61 Å². The van der Waals surface area contributed by atoms with Gasteiger partial charge in [-0.15, -0.1) is 0 Å². The van der Waals surface area contributed by atoms with E-state index in [1.807, 2.05) is 6.92 Å². The van der Waals surface area contributed by atoms with E-state index < -0.39 is 0 Å². The molecule has 0 aliphatic carbocycles. The molecular weight excluding hydrogens is 432 g/mol. The van der Waals surface area contributed by atoms with Gasteiger partial charge < -0.3 is 9.84 Å². The Balaban J connectivity index is 3.49. The van der Waals surface area contributed by atoms with E-state index in [0.29, 0.717) is 13.0 Å². The fourth-order valence-corrected chi connectivity index (χ4v) is 5.12. The molecule has 35 heavy (non-hydrogen) atoms. The van der Waals surface area contributed by atoms with Crippen LogP contribution in [0.4, 0.5) is 0 Å². The number of aliphatic hydroxyl groups excluding tert-OH is 1. The highest BCUT2D eigenvalue weighted by molar-refractivity contribution is 5.72. The zero-order chi connectivity index (χ0) is 25.8. The van der Waals surface area contributed by atoms with Gasteiger partial charge in [0.25, 0.3) is 0 Å². The second kappa shape index (κ2) is 28.0. The Hall–Kier alpha value is -0.570. The van der Waals surface area contributed by atoms with Gasteiger partial charge in [-0.25, -0.2) is 0 Å². The van der Waals surface area contributed by atoms with Gasteiger partial charge in [-0.05, 0) is 26.2 Å². The van der Waals surface area contributed by atoms with Gasteiger partial charge in [0.1, 0.15) is 0 Å². The van der Waals surface area contributed by atoms with Gasteiger partial charge in [-0.3, -0.25) is 4.79 Å². The molecule has 0 aliphatic rings. The Morgan fingerprint density at radius 1 is 0.543 bits per heavy atom. The molecule has 0 aliphatic heterocycles. The Morgan fingerprint density at radius 3 is 1.29 bits per heavy atom. The van der Waals surface area contributed by atoms with E-state index in [-0.39, 0.29) is 18.0 Å². The van der Waals surface area contributed by atoms with E-state index in [1.165, 1.54) is 122 Å². The molecule has 3 heteroatoms. The van der Waals surface area contributed by atoms with Gasteiger partial charge in [0, 0.05) is 0 Å². The Morgan fingerprint density at radius 2 is 0.914 bits per heavy atom. The van der Waals surface area contributed by atoms with E-state index >= 15 is 0 Å². The van der Waals surface area contributed by atoms with Crippen LogP contribution in [0.1, 0.15) is 181 Å². The van der Waals surface area contributed by atoms with Crippen molar-refractivity contribution < 1.29 is 14.6 Å². The fourth-order valence-electron chi connectivity index (χ4n) is 5.12. The predicted molar refractivity (Wildman–Crippen MR) is 153 cm³/mol. The topological polar surface area (TPSA) is 46.5 Å².